The maximum Gasteiger partial charge on any atom is 0.336 e. The molecule has 4 rings (SSSR count). The molecule has 2 heterocycles. The van der Waals surface area contributed by atoms with Crippen molar-refractivity contribution in [2.45, 2.75) is 34.1 Å². The zero-order chi connectivity index (χ0) is 39.1. The zero-order valence-electron chi connectivity index (χ0n) is 26.8. The van der Waals surface area contributed by atoms with Crippen molar-refractivity contribution >= 4 is 47.8 Å². The molecule has 0 aliphatic heterocycles. The number of carboxylic acids is 8. The lowest BCUT2D eigenvalue weighted by molar-refractivity contribution is -0.458. The highest BCUT2D eigenvalue weighted by Crippen LogP contribution is 2.20. The fourth-order valence-corrected chi connectivity index (χ4v) is 4.55. The Balaban J connectivity index is 0.000000266. The number of hydrogen-bond donors (Lipinski definition) is 8. The minimum Gasteiger partial charge on any atom is -0.545 e. The monoisotopic (exact) mass is 712 g/mol. The number of aryl methyl sites for hydroxylation is 4. The van der Waals surface area contributed by atoms with E-state index in [1.165, 1.54) is 33.9 Å². The third-order valence-corrected chi connectivity index (χ3v) is 7.18. The highest BCUT2D eigenvalue weighted by atomic mass is 16.4. The Morgan fingerprint density at radius 2 is 0.686 bits per heavy atom. The van der Waals surface area contributed by atoms with Gasteiger partial charge in [0, 0.05) is 31.4 Å². The second-order valence-electron chi connectivity index (χ2n) is 10.4. The first-order chi connectivity index (χ1) is 23.6. The van der Waals surface area contributed by atoms with Crippen LogP contribution in [0.5, 0.6) is 0 Å². The van der Waals surface area contributed by atoms with Gasteiger partial charge in [0.15, 0.2) is 0 Å². The second kappa shape index (κ2) is 16.1. The highest BCUT2D eigenvalue weighted by molar-refractivity contribution is 6.09. The molecule has 20 nitrogen and oxygen atoms in total. The fraction of sp³-hybridized carbons (Fsp3) is 0.161. The van der Waals surface area contributed by atoms with Crippen LogP contribution >= 0.6 is 0 Å². The summed E-state index contributed by atoms with van der Waals surface area (Å²) in [4.78, 5) is 85.9. The maximum absolute atomic E-state index is 10.8. The van der Waals surface area contributed by atoms with Crippen molar-refractivity contribution in [2.75, 3.05) is 0 Å². The Hall–Kier alpha value is -7.38. The van der Waals surface area contributed by atoms with Gasteiger partial charge in [-0.2, -0.15) is 10.2 Å². The molecule has 0 spiro atoms. The van der Waals surface area contributed by atoms with Gasteiger partial charge in [-0.3, -0.25) is 0 Å². The van der Waals surface area contributed by atoms with Gasteiger partial charge in [-0.25, -0.2) is 28.8 Å². The van der Waals surface area contributed by atoms with Crippen LogP contribution in [0.4, 0.5) is 0 Å². The third kappa shape index (κ3) is 9.37. The molecule has 0 aliphatic rings. The largest absolute Gasteiger partial charge is 0.545 e. The molecule has 0 radical (unpaired) electrons. The summed E-state index contributed by atoms with van der Waals surface area (Å²) in [7, 11) is 0. The van der Waals surface area contributed by atoms with Gasteiger partial charge in [-0.15, -0.1) is 10.2 Å². The quantitative estimate of drug-likeness (QED) is 0.0985. The molecule has 0 aliphatic carbocycles. The lowest BCUT2D eigenvalue weighted by atomic mass is 9.98. The predicted octanol–water partition coefficient (Wildman–Crippen LogP) is -0.915. The molecule has 51 heavy (non-hydrogen) atoms. The van der Waals surface area contributed by atoms with E-state index in [9.17, 15) is 48.6 Å². The van der Waals surface area contributed by atoms with Crippen molar-refractivity contribution in [3.63, 3.8) is 0 Å². The summed E-state index contributed by atoms with van der Waals surface area (Å²) in [6.45, 7) is 8.39. The first-order valence-electron chi connectivity index (χ1n) is 13.9. The summed E-state index contributed by atoms with van der Waals surface area (Å²) in [6.07, 6.45) is 0.968. The first-order valence-corrected chi connectivity index (χ1v) is 13.9. The normalized spacial score (nSPS) is 10.1. The number of carbonyl (C=O) groups excluding carboxylic acids is 2. The van der Waals surface area contributed by atoms with Crippen LogP contribution in [0, 0.1) is 27.7 Å². The number of rotatable bonds is 10. The standard InChI is InChI=1S/C11H16N4.2C10H6O8/c1-6-10(7(2)13-12-6)5-11-8(3)14-15-9(11)4;2*11-7(12)3-1-4(8(13)14)6(10(17)18)2-5(3)9(15)16/h5H2,1-4H3,(H,12,13)(H,14,15);2*1-2H,(H,11,12)(H,13,14)(H,15,16)(H,17,18). The molecule has 20 heteroatoms. The summed E-state index contributed by atoms with van der Waals surface area (Å²) < 4.78 is 0. The average Bonchev–Trinajstić information content (AvgIpc) is 3.54. The van der Waals surface area contributed by atoms with Crippen molar-refractivity contribution in [1.29, 1.82) is 0 Å². The van der Waals surface area contributed by atoms with E-state index in [1.54, 1.807) is 0 Å². The molecule has 0 saturated carbocycles. The van der Waals surface area contributed by atoms with E-state index in [2.05, 4.69) is 48.1 Å². The lowest BCUT2D eigenvalue weighted by Gasteiger charge is -2.13. The van der Waals surface area contributed by atoms with Crippen LogP contribution in [0.3, 0.4) is 0 Å². The molecule has 0 amide bonds. The number of aromatic nitrogens is 4. The number of carbonyl (C=O) groups is 8. The van der Waals surface area contributed by atoms with Gasteiger partial charge in [-0.05, 0) is 38.1 Å². The zero-order valence-corrected chi connectivity index (χ0v) is 26.8. The van der Waals surface area contributed by atoms with E-state index in [0.29, 0.717) is 24.3 Å². The Bertz CT molecular complexity index is 1720. The molecule has 2 aromatic heterocycles. The number of benzene rings is 2. The number of aromatic carboxylic acids is 8. The van der Waals surface area contributed by atoms with E-state index in [0.717, 1.165) is 6.42 Å². The molecule has 0 bridgehead atoms. The third-order valence-electron chi connectivity index (χ3n) is 7.18. The summed E-state index contributed by atoms with van der Waals surface area (Å²) in [5.41, 5.74) is 0.793. The Morgan fingerprint density at radius 1 is 0.471 bits per heavy atom. The van der Waals surface area contributed by atoms with Crippen LogP contribution in [0.2, 0.25) is 0 Å². The van der Waals surface area contributed by atoms with Crippen molar-refractivity contribution in [2.24, 2.45) is 0 Å². The van der Waals surface area contributed by atoms with Crippen molar-refractivity contribution < 1.29 is 89.4 Å². The van der Waals surface area contributed by atoms with E-state index in [1.807, 2.05) is 0 Å². The summed E-state index contributed by atoms with van der Waals surface area (Å²) in [5, 5.41) is 86.3. The fourth-order valence-electron chi connectivity index (χ4n) is 4.55. The van der Waals surface area contributed by atoms with Crippen LogP contribution in [0.15, 0.2) is 24.3 Å². The minimum absolute atomic E-state index is 0.386. The van der Waals surface area contributed by atoms with E-state index in [-0.39, 0.29) is 0 Å². The number of H-pyrrole nitrogens is 4. The van der Waals surface area contributed by atoms with Crippen LogP contribution in [0.1, 0.15) is 117 Å². The minimum atomic E-state index is -1.94. The molecule has 10 N–H and O–H groups in total. The van der Waals surface area contributed by atoms with Gasteiger partial charge in [0.1, 0.15) is 0 Å². The Kier molecular flexibility index (Phi) is 12.6. The van der Waals surface area contributed by atoms with Gasteiger partial charge in [0.05, 0.1) is 67.8 Å². The van der Waals surface area contributed by atoms with Crippen molar-refractivity contribution in [1.82, 2.24) is 10.2 Å². The Labute approximate surface area is 284 Å². The molecular weight excluding hydrogens is 684 g/mol. The van der Waals surface area contributed by atoms with Gasteiger partial charge in [0.25, 0.3) is 0 Å². The molecule has 268 valence electrons. The van der Waals surface area contributed by atoms with Crippen LogP contribution < -0.4 is 20.4 Å². The highest BCUT2D eigenvalue weighted by Gasteiger charge is 2.25. The molecule has 0 atom stereocenters. The number of aromatic amines is 4. The van der Waals surface area contributed by atoms with Gasteiger partial charge < -0.3 is 50.4 Å². The van der Waals surface area contributed by atoms with Gasteiger partial charge in [0.2, 0.25) is 11.4 Å². The molecule has 0 fully saturated rings. The first kappa shape index (κ1) is 39.8. The number of nitrogens with one attached hydrogen (secondary N) is 4. The maximum atomic E-state index is 10.8. The van der Waals surface area contributed by atoms with Crippen molar-refractivity contribution in [3.05, 3.63) is 103 Å². The van der Waals surface area contributed by atoms with Gasteiger partial charge in [-0.1, -0.05) is 0 Å². The molecule has 4 aromatic rings. The molecule has 0 saturated heterocycles. The van der Waals surface area contributed by atoms with E-state index in [4.69, 9.17) is 30.6 Å². The van der Waals surface area contributed by atoms with E-state index < -0.39 is 92.3 Å². The SMILES string of the molecule is Cc1[nH][nH+]c(C)c1Cc1c(C)[nH][nH+]c1C.O=C(O)c1cc(C(=O)O)c(C(=O)O)cc1C(=O)O.O=C([O-])c1cc(C(=O)[O-])c(C(=O)O)cc1C(=O)O. The average molecular weight is 713 g/mol. The van der Waals surface area contributed by atoms with Crippen LogP contribution in [-0.4, -0.2) is 88.6 Å². The van der Waals surface area contributed by atoms with E-state index >= 15 is 0 Å². The number of carboxylic acid groups (broad SMARTS) is 8. The Morgan fingerprint density at radius 3 is 0.863 bits per heavy atom. The number of hydrogen-bond acceptors (Lipinski definition) is 10. The molecule has 2 aromatic carbocycles. The summed E-state index contributed by atoms with van der Waals surface area (Å²) >= 11 is 0. The molecular formula is C31H28N4O16. The molecule has 0 unspecified atom stereocenters. The second-order valence-corrected chi connectivity index (χ2v) is 10.4. The van der Waals surface area contributed by atoms with Crippen molar-refractivity contribution in [3.8, 4) is 0 Å². The topological polar surface area (TPSA) is 364 Å². The smallest absolute Gasteiger partial charge is 0.336 e. The predicted molar refractivity (Wildman–Crippen MR) is 160 cm³/mol. The summed E-state index contributed by atoms with van der Waals surface area (Å²) in [6, 6.07) is 1.84. The van der Waals surface area contributed by atoms with Gasteiger partial charge >= 0.3 is 35.8 Å². The van der Waals surface area contributed by atoms with Crippen LogP contribution in [0.25, 0.3) is 0 Å². The lowest BCUT2D eigenvalue weighted by Crippen LogP contribution is -2.29. The summed E-state index contributed by atoms with van der Waals surface area (Å²) in [5.74, 6) is -14.0. The van der Waals surface area contributed by atoms with Crippen LogP contribution in [-0.2, 0) is 6.42 Å².